The number of rotatable bonds is 3. The summed E-state index contributed by atoms with van der Waals surface area (Å²) in [6, 6.07) is 8.56. The molecule has 0 spiro atoms. The van der Waals surface area contributed by atoms with Crippen LogP contribution >= 0.6 is 11.3 Å². The van der Waals surface area contributed by atoms with Gasteiger partial charge in [0, 0.05) is 31.0 Å². The van der Waals surface area contributed by atoms with Gasteiger partial charge in [0.2, 0.25) is 5.91 Å². The number of amides is 1. The lowest BCUT2D eigenvalue weighted by molar-refractivity contribution is -0.126. The number of hydrogen-bond donors (Lipinski definition) is 1. The average Bonchev–Trinajstić information content (AvgIpc) is 3.13. The van der Waals surface area contributed by atoms with Crippen LogP contribution in [0.4, 0.5) is 5.82 Å². The summed E-state index contributed by atoms with van der Waals surface area (Å²) in [6.45, 7) is 2.79. The van der Waals surface area contributed by atoms with E-state index in [1.165, 1.54) is 5.56 Å². The summed E-state index contributed by atoms with van der Waals surface area (Å²) in [6.07, 6.45) is 2.09. The topological polar surface area (TPSA) is 58.1 Å². The number of anilines is 1. The first kappa shape index (κ1) is 15.1. The molecule has 1 amide bonds. The first-order valence-electron chi connectivity index (χ1n) is 7.91. The van der Waals surface area contributed by atoms with Gasteiger partial charge in [-0.1, -0.05) is 29.8 Å². The molecule has 1 aliphatic heterocycles. The number of aryl methyl sites for hydroxylation is 1. The molecule has 0 aliphatic carbocycles. The molecule has 0 bridgehead atoms. The van der Waals surface area contributed by atoms with Crippen LogP contribution in [0.1, 0.15) is 12.0 Å². The second-order valence-electron chi connectivity index (χ2n) is 6.24. The van der Waals surface area contributed by atoms with E-state index in [1.54, 1.807) is 22.6 Å². The van der Waals surface area contributed by atoms with E-state index in [0.717, 1.165) is 27.2 Å². The molecule has 1 fully saturated rings. The Hall–Kier alpha value is -2.47. The van der Waals surface area contributed by atoms with Crippen LogP contribution in [0.25, 0.3) is 21.3 Å². The number of thiophene rings is 1. The van der Waals surface area contributed by atoms with Gasteiger partial charge in [-0.3, -0.25) is 4.79 Å². The molecule has 4 rings (SSSR count). The Bertz CT molecular complexity index is 903. The van der Waals surface area contributed by atoms with E-state index in [4.69, 9.17) is 0 Å². The molecule has 0 radical (unpaired) electrons. The minimum absolute atomic E-state index is 0.0892. The Morgan fingerprint density at radius 3 is 2.75 bits per heavy atom. The summed E-state index contributed by atoms with van der Waals surface area (Å²) >= 11 is 1.62. The third-order valence-corrected chi connectivity index (χ3v) is 5.30. The largest absolute Gasteiger partial charge is 0.364 e. The SMILES string of the molecule is Cc1ccc(-c2csc3ncnc(N[C@@H]4CC(=O)N(C)C4)c23)cc1. The van der Waals surface area contributed by atoms with Crippen molar-refractivity contribution in [2.24, 2.45) is 0 Å². The molecule has 1 saturated heterocycles. The highest BCUT2D eigenvalue weighted by atomic mass is 32.1. The molecule has 2 aromatic heterocycles. The predicted molar refractivity (Wildman–Crippen MR) is 97.3 cm³/mol. The summed E-state index contributed by atoms with van der Waals surface area (Å²) in [5, 5.41) is 6.61. The van der Waals surface area contributed by atoms with Gasteiger partial charge >= 0.3 is 0 Å². The van der Waals surface area contributed by atoms with Crippen molar-refractivity contribution in [1.29, 1.82) is 0 Å². The lowest BCUT2D eigenvalue weighted by atomic mass is 10.0. The Balaban J connectivity index is 1.75. The standard InChI is InChI=1S/C18H18N4OS/c1-11-3-5-12(6-4-11)14-9-24-18-16(14)17(19-10-20-18)21-13-7-15(23)22(2)8-13/h3-6,9-10,13H,7-8H2,1-2H3,(H,19,20,21)/t13-/m1/s1. The average molecular weight is 338 g/mol. The van der Waals surface area contributed by atoms with E-state index in [1.807, 2.05) is 7.05 Å². The quantitative estimate of drug-likeness (QED) is 0.796. The monoisotopic (exact) mass is 338 g/mol. The molecule has 3 heterocycles. The second-order valence-corrected chi connectivity index (χ2v) is 7.10. The number of nitrogens with one attached hydrogen (secondary N) is 1. The predicted octanol–water partition coefficient (Wildman–Crippen LogP) is 3.31. The van der Waals surface area contributed by atoms with Crippen molar-refractivity contribution in [3.63, 3.8) is 0 Å². The van der Waals surface area contributed by atoms with Crippen LogP contribution in [0, 0.1) is 6.92 Å². The van der Waals surface area contributed by atoms with Gasteiger partial charge in [0.1, 0.15) is 17.0 Å². The summed E-state index contributed by atoms with van der Waals surface area (Å²) in [5.74, 6) is 0.979. The molecule has 1 atom stereocenters. The van der Waals surface area contributed by atoms with Crippen LogP contribution in [0.3, 0.4) is 0 Å². The van der Waals surface area contributed by atoms with Gasteiger partial charge in [0.15, 0.2) is 0 Å². The van der Waals surface area contributed by atoms with Gasteiger partial charge < -0.3 is 10.2 Å². The molecule has 1 N–H and O–H groups in total. The van der Waals surface area contributed by atoms with Crippen molar-refractivity contribution in [3.8, 4) is 11.1 Å². The lowest BCUT2D eigenvalue weighted by Gasteiger charge is -2.14. The van der Waals surface area contributed by atoms with Gasteiger partial charge in [-0.15, -0.1) is 11.3 Å². The van der Waals surface area contributed by atoms with Gasteiger partial charge in [-0.2, -0.15) is 0 Å². The van der Waals surface area contributed by atoms with E-state index < -0.39 is 0 Å². The molecule has 1 aliphatic rings. The Morgan fingerprint density at radius 2 is 2.04 bits per heavy atom. The van der Waals surface area contributed by atoms with Crippen LogP contribution < -0.4 is 5.32 Å². The number of likely N-dealkylation sites (tertiary alicyclic amines) is 1. The fourth-order valence-corrected chi connectivity index (χ4v) is 4.00. The van der Waals surface area contributed by atoms with E-state index in [9.17, 15) is 4.79 Å². The van der Waals surface area contributed by atoms with Crippen molar-refractivity contribution in [2.75, 3.05) is 18.9 Å². The highest BCUT2D eigenvalue weighted by Crippen LogP contribution is 2.37. The smallest absolute Gasteiger partial charge is 0.224 e. The third kappa shape index (κ3) is 2.63. The zero-order valence-corrected chi connectivity index (χ0v) is 14.4. The molecule has 3 aromatic rings. The second kappa shape index (κ2) is 5.87. The van der Waals surface area contributed by atoms with Gasteiger partial charge in [-0.25, -0.2) is 9.97 Å². The van der Waals surface area contributed by atoms with Crippen LogP contribution in [-0.4, -0.2) is 40.4 Å². The number of aromatic nitrogens is 2. The minimum Gasteiger partial charge on any atom is -0.364 e. The normalized spacial score (nSPS) is 17.7. The maximum atomic E-state index is 11.8. The molecule has 24 heavy (non-hydrogen) atoms. The van der Waals surface area contributed by atoms with Crippen molar-refractivity contribution in [3.05, 3.63) is 41.5 Å². The highest BCUT2D eigenvalue weighted by molar-refractivity contribution is 7.17. The maximum absolute atomic E-state index is 11.8. The van der Waals surface area contributed by atoms with E-state index in [2.05, 4.69) is 51.9 Å². The summed E-state index contributed by atoms with van der Waals surface area (Å²) in [5.41, 5.74) is 3.53. The van der Waals surface area contributed by atoms with E-state index in [-0.39, 0.29) is 11.9 Å². The Morgan fingerprint density at radius 1 is 1.25 bits per heavy atom. The molecular weight excluding hydrogens is 320 g/mol. The number of hydrogen-bond acceptors (Lipinski definition) is 5. The number of benzene rings is 1. The molecule has 1 aromatic carbocycles. The molecule has 5 nitrogen and oxygen atoms in total. The Labute approximate surface area is 144 Å². The zero-order chi connectivity index (χ0) is 16.7. The first-order valence-corrected chi connectivity index (χ1v) is 8.79. The Kier molecular flexibility index (Phi) is 3.69. The van der Waals surface area contributed by atoms with Crippen LogP contribution in [-0.2, 0) is 4.79 Å². The highest BCUT2D eigenvalue weighted by Gasteiger charge is 2.27. The van der Waals surface area contributed by atoms with Gasteiger partial charge in [0.25, 0.3) is 0 Å². The van der Waals surface area contributed by atoms with Crippen molar-refractivity contribution in [2.45, 2.75) is 19.4 Å². The van der Waals surface area contributed by atoms with Gasteiger partial charge in [-0.05, 0) is 12.5 Å². The number of likely N-dealkylation sites (N-methyl/N-ethyl adjacent to an activating group) is 1. The number of carbonyl (C=O) groups excluding carboxylic acids is 1. The number of carbonyl (C=O) groups is 1. The minimum atomic E-state index is 0.0892. The summed E-state index contributed by atoms with van der Waals surface area (Å²) in [4.78, 5) is 23.3. The van der Waals surface area contributed by atoms with E-state index >= 15 is 0 Å². The third-order valence-electron chi connectivity index (χ3n) is 4.41. The van der Waals surface area contributed by atoms with Crippen LogP contribution in [0.2, 0.25) is 0 Å². The van der Waals surface area contributed by atoms with E-state index in [0.29, 0.717) is 13.0 Å². The lowest BCUT2D eigenvalue weighted by Crippen LogP contribution is -2.24. The molecular formula is C18H18N4OS. The fourth-order valence-electron chi connectivity index (χ4n) is 3.08. The summed E-state index contributed by atoms with van der Waals surface area (Å²) < 4.78 is 0. The van der Waals surface area contributed by atoms with Gasteiger partial charge in [0.05, 0.1) is 11.4 Å². The molecule has 6 heteroatoms. The van der Waals surface area contributed by atoms with Crippen LogP contribution in [0.15, 0.2) is 36.0 Å². The first-order chi connectivity index (χ1) is 11.6. The van der Waals surface area contributed by atoms with Crippen molar-refractivity contribution in [1.82, 2.24) is 14.9 Å². The molecule has 0 saturated carbocycles. The molecule has 122 valence electrons. The zero-order valence-electron chi connectivity index (χ0n) is 13.6. The van der Waals surface area contributed by atoms with Crippen molar-refractivity contribution < 1.29 is 4.79 Å². The fraction of sp³-hybridized carbons (Fsp3) is 0.278. The molecule has 0 unspecified atom stereocenters. The summed E-state index contributed by atoms with van der Waals surface area (Å²) in [7, 11) is 1.84. The number of nitrogens with zero attached hydrogens (tertiary/aromatic N) is 3. The van der Waals surface area contributed by atoms with Crippen molar-refractivity contribution >= 4 is 33.3 Å². The maximum Gasteiger partial charge on any atom is 0.224 e. The number of fused-ring (bicyclic) bond motifs is 1. The van der Waals surface area contributed by atoms with Crippen LogP contribution in [0.5, 0.6) is 0 Å².